The van der Waals surface area contributed by atoms with Crippen LogP contribution in [0.2, 0.25) is 0 Å². The van der Waals surface area contributed by atoms with Crippen LogP contribution in [0.3, 0.4) is 0 Å². The molecule has 0 aliphatic carbocycles. The van der Waals surface area contributed by atoms with Crippen LogP contribution in [0.5, 0.6) is 5.75 Å². The maximum Gasteiger partial charge on any atom is 0.212 e. The van der Waals surface area contributed by atoms with Crippen LogP contribution in [0.4, 0.5) is 5.95 Å². The first kappa shape index (κ1) is 15.8. The quantitative estimate of drug-likeness (QED) is 0.570. The second-order valence-corrected chi connectivity index (χ2v) is 6.86. The number of hydrogen-bond donors (Lipinski definition) is 2. The molecule has 7 nitrogen and oxygen atoms in total. The van der Waals surface area contributed by atoms with Crippen molar-refractivity contribution in [2.24, 2.45) is 10.7 Å². The Hall–Kier alpha value is -3.39. The summed E-state index contributed by atoms with van der Waals surface area (Å²) < 4.78 is 7.84. The smallest absolute Gasteiger partial charge is 0.212 e. The second kappa shape index (κ2) is 6.40. The molecule has 1 aliphatic rings. The number of hydrogen-bond acceptors (Lipinski definition) is 7. The number of aliphatic imine (C=N–C) groups is 1. The molecule has 0 radical (unpaired) electrons. The molecule has 4 aromatic rings. The number of guanidine groups is 1. The number of rotatable bonds is 4. The van der Waals surface area contributed by atoms with Gasteiger partial charge in [0.15, 0.2) is 12.1 Å². The zero-order valence-electron chi connectivity index (χ0n) is 14.2. The zero-order valence-corrected chi connectivity index (χ0v) is 15.1. The van der Waals surface area contributed by atoms with Crippen molar-refractivity contribution in [2.45, 2.75) is 12.8 Å². The zero-order chi connectivity index (χ0) is 18.2. The molecule has 0 fully saturated rings. The van der Waals surface area contributed by atoms with Crippen LogP contribution in [0.15, 0.2) is 64.4 Å². The van der Waals surface area contributed by atoms with Crippen LogP contribution in [0.1, 0.15) is 17.4 Å². The van der Waals surface area contributed by atoms with Crippen molar-refractivity contribution in [2.75, 3.05) is 5.32 Å². The number of nitrogens with zero attached hydrogens (tertiary/aromatic N) is 4. The number of nitrogens with two attached hydrogens (primary N) is 1. The van der Waals surface area contributed by atoms with Crippen molar-refractivity contribution in [1.82, 2.24) is 14.5 Å². The molecule has 27 heavy (non-hydrogen) atoms. The largest absolute Gasteiger partial charge is 0.487 e. The van der Waals surface area contributed by atoms with E-state index in [0.717, 1.165) is 28.0 Å². The van der Waals surface area contributed by atoms with Gasteiger partial charge in [-0.1, -0.05) is 24.3 Å². The number of para-hydroxylation sites is 2. The van der Waals surface area contributed by atoms with E-state index in [1.165, 1.54) is 0 Å². The molecule has 1 aliphatic heterocycles. The average molecular weight is 376 g/mol. The molecule has 134 valence electrons. The monoisotopic (exact) mass is 376 g/mol. The van der Waals surface area contributed by atoms with Crippen LogP contribution in [-0.4, -0.2) is 20.5 Å². The standard InChI is InChI=1S/C19H16N6OS/c20-18-23-17(25-16-4-2-1-3-15(16)22-19(25)24-18)12-5-7-14(8-6-12)26-9-13-10-27-11-21-13/h1-8,10-11,17H,9H2,(H3,20,22,23,24). The minimum Gasteiger partial charge on any atom is -0.487 e. The van der Waals surface area contributed by atoms with Gasteiger partial charge in [0, 0.05) is 5.38 Å². The number of benzene rings is 2. The normalized spacial score (nSPS) is 15.9. The molecule has 0 amide bonds. The minimum atomic E-state index is -0.277. The molecule has 3 heterocycles. The van der Waals surface area contributed by atoms with Crippen LogP contribution in [0.25, 0.3) is 11.0 Å². The van der Waals surface area contributed by atoms with Gasteiger partial charge in [0.2, 0.25) is 5.95 Å². The molecule has 3 N–H and O–H groups in total. The number of anilines is 1. The fourth-order valence-electron chi connectivity index (χ4n) is 3.14. The lowest BCUT2D eigenvalue weighted by molar-refractivity contribution is 0.302. The summed E-state index contributed by atoms with van der Waals surface area (Å²) in [5.74, 6) is 1.83. The van der Waals surface area contributed by atoms with Gasteiger partial charge in [0.1, 0.15) is 12.4 Å². The van der Waals surface area contributed by atoms with E-state index in [2.05, 4.69) is 24.8 Å². The van der Waals surface area contributed by atoms with Crippen molar-refractivity contribution in [1.29, 1.82) is 0 Å². The van der Waals surface area contributed by atoms with Gasteiger partial charge in [-0.25, -0.2) is 15.0 Å². The highest BCUT2D eigenvalue weighted by atomic mass is 32.1. The van der Waals surface area contributed by atoms with Gasteiger partial charge in [0.25, 0.3) is 0 Å². The summed E-state index contributed by atoms with van der Waals surface area (Å²) in [5, 5.41) is 5.02. The van der Waals surface area contributed by atoms with E-state index in [9.17, 15) is 0 Å². The Morgan fingerprint density at radius 1 is 1.15 bits per heavy atom. The highest BCUT2D eigenvalue weighted by Crippen LogP contribution is 2.32. The van der Waals surface area contributed by atoms with E-state index >= 15 is 0 Å². The lowest BCUT2D eigenvalue weighted by Crippen LogP contribution is -2.31. The van der Waals surface area contributed by atoms with E-state index in [1.54, 1.807) is 16.8 Å². The third-order valence-corrected chi connectivity index (χ3v) is 5.03. The Bertz CT molecular complexity index is 1120. The number of imidazole rings is 1. The average Bonchev–Trinajstić information content (AvgIpc) is 3.33. The van der Waals surface area contributed by atoms with E-state index in [-0.39, 0.29) is 6.17 Å². The Labute approximate surface area is 159 Å². The molecule has 2 aromatic heterocycles. The van der Waals surface area contributed by atoms with E-state index in [4.69, 9.17) is 10.5 Å². The Morgan fingerprint density at radius 3 is 2.81 bits per heavy atom. The molecule has 8 heteroatoms. The lowest BCUT2D eigenvalue weighted by atomic mass is 10.1. The van der Waals surface area contributed by atoms with Gasteiger partial charge in [-0.2, -0.15) is 0 Å². The molecule has 0 saturated heterocycles. The Morgan fingerprint density at radius 2 is 2.00 bits per heavy atom. The number of thiazole rings is 1. The Balaban J connectivity index is 1.46. The molecule has 0 bridgehead atoms. The predicted octanol–water partition coefficient (Wildman–Crippen LogP) is 3.36. The minimum absolute atomic E-state index is 0.277. The molecule has 5 rings (SSSR count). The maximum absolute atomic E-state index is 5.99. The maximum atomic E-state index is 5.99. The lowest BCUT2D eigenvalue weighted by Gasteiger charge is -2.24. The molecule has 0 spiro atoms. The molecule has 1 unspecified atom stereocenters. The van der Waals surface area contributed by atoms with Crippen molar-refractivity contribution in [3.63, 3.8) is 0 Å². The number of ether oxygens (including phenoxy) is 1. The summed E-state index contributed by atoms with van der Waals surface area (Å²) in [6.45, 7) is 0.456. The molecule has 0 saturated carbocycles. The van der Waals surface area contributed by atoms with Crippen LogP contribution < -0.4 is 15.8 Å². The number of nitrogens with one attached hydrogen (secondary N) is 1. The van der Waals surface area contributed by atoms with Gasteiger partial charge in [-0.15, -0.1) is 11.3 Å². The number of fused-ring (bicyclic) bond motifs is 3. The van der Waals surface area contributed by atoms with E-state index in [0.29, 0.717) is 18.5 Å². The van der Waals surface area contributed by atoms with Crippen molar-refractivity contribution in [3.8, 4) is 5.75 Å². The second-order valence-electron chi connectivity index (χ2n) is 6.14. The first-order valence-corrected chi connectivity index (χ1v) is 9.39. The van der Waals surface area contributed by atoms with E-state index < -0.39 is 0 Å². The van der Waals surface area contributed by atoms with E-state index in [1.807, 2.05) is 53.9 Å². The highest BCUT2D eigenvalue weighted by Gasteiger charge is 2.24. The topological polar surface area (TPSA) is 90.4 Å². The van der Waals surface area contributed by atoms with Crippen LogP contribution in [0, 0.1) is 0 Å². The summed E-state index contributed by atoms with van der Waals surface area (Å²) in [6, 6.07) is 15.8. The van der Waals surface area contributed by atoms with Gasteiger partial charge in [-0.3, -0.25) is 9.88 Å². The third-order valence-electron chi connectivity index (χ3n) is 4.39. The fraction of sp³-hybridized carbons (Fsp3) is 0.105. The summed E-state index contributed by atoms with van der Waals surface area (Å²) in [5.41, 5.74) is 11.6. The van der Waals surface area contributed by atoms with Gasteiger partial charge >= 0.3 is 0 Å². The van der Waals surface area contributed by atoms with Gasteiger partial charge in [0.05, 0.1) is 22.2 Å². The molecular weight excluding hydrogens is 360 g/mol. The Kier molecular flexibility index (Phi) is 3.75. The van der Waals surface area contributed by atoms with Gasteiger partial charge < -0.3 is 10.5 Å². The summed E-state index contributed by atoms with van der Waals surface area (Å²) in [7, 11) is 0. The first-order chi connectivity index (χ1) is 13.3. The van der Waals surface area contributed by atoms with Crippen LogP contribution in [-0.2, 0) is 6.61 Å². The number of aromatic nitrogens is 3. The summed E-state index contributed by atoms with van der Waals surface area (Å²) in [6.07, 6.45) is -0.277. The highest BCUT2D eigenvalue weighted by molar-refractivity contribution is 7.07. The first-order valence-electron chi connectivity index (χ1n) is 8.45. The van der Waals surface area contributed by atoms with Gasteiger partial charge in [-0.05, 0) is 29.8 Å². The fourth-order valence-corrected chi connectivity index (χ4v) is 3.69. The van der Waals surface area contributed by atoms with Crippen molar-refractivity contribution in [3.05, 3.63) is 70.7 Å². The third kappa shape index (κ3) is 2.89. The summed E-state index contributed by atoms with van der Waals surface area (Å²) in [4.78, 5) is 13.4. The SMILES string of the molecule is NC1=NC(c2ccc(OCc3cscn3)cc2)n2c(nc3ccccc32)N1. The molecule has 2 aromatic carbocycles. The van der Waals surface area contributed by atoms with Crippen molar-refractivity contribution >= 4 is 34.3 Å². The summed E-state index contributed by atoms with van der Waals surface area (Å²) >= 11 is 1.56. The molecular formula is C19H16N6OS. The predicted molar refractivity (Wildman–Crippen MR) is 106 cm³/mol. The van der Waals surface area contributed by atoms with Crippen LogP contribution >= 0.6 is 11.3 Å². The van der Waals surface area contributed by atoms with Crippen molar-refractivity contribution < 1.29 is 4.74 Å². The molecule has 1 atom stereocenters.